The van der Waals surface area contributed by atoms with E-state index in [4.69, 9.17) is 4.74 Å². The van der Waals surface area contributed by atoms with Gasteiger partial charge in [-0.2, -0.15) is 0 Å². The summed E-state index contributed by atoms with van der Waals surface area (Å²) >= 11 is 1.49. The summed E-state index contributed by atoms with van der Waals surface area (Å²) in [5.41, 5.74) is 3.03. The average molecular weight is 772 g/mol. The number of methoxy groups -OCH3 is 1. The van der Waals surface area contributed by atoms with Gasteiger partial charge in [-0.25, -0.2) is 4.79 Å². The molecule has 56 heavy (non-hydrogen) atoms. The normalized spacial score (nSPS) is 11.8. The first-order chi connectivity index (χ1) is 26.9. The van der Waals surface area contributed by atoms with Gasteiger partial charge >= 0.3 is 12.1 Å². The van der Waals surface area contributed by atoms with E-state index in [1.54, 1.807) is 57.2 Å². The number of ether oxygens (including phenoxy) is 2. The van der Waals surface area contributed by atoms with Gasteiger partial charge in [0.15, 0.2) is 5.78 Å². The van der Waals surface area contributed by atoms with E-state index < -0.39 is 46.1 Å². The molecule has 0 heterocycles. The maximum absolute atomic E-state index is 14.3. The second-order valence-corrected chi connectivity index (χ2v) is 15.1. The molecule has 5 rings (SSSR count). The van der Waals surface area contributed by atoms with Gasteiger partial charge in [-0.3, -0.25) is 19.2 Å². The Morgan fingerprint density at radius 2 is 1.18 bits per heavy atom. The lowest BCUT2D eigenvalue weighted by atomic mass is 9.84. The first-order valence-corrected chi connectivity index (χ1v) is 19.1. The van der Waals surface area contributed by atoms with Crippen LogP contribution in [0.3, 0.4) is 0 Å². The quantitative estimate of drug-likeness (QED) is 0.0548. The number of esters is 1. The van der Waals surface area contributed by atoms with E-state index in [1.807, 2.05) is 91.0 Å². The summed E-state index contributed by atoms with van der Waals surface area (Å²) in [6, 6.07) is 41.9. The van der Waals surface area contributed by atoms with Crippen LogP contribution in [0.2, 0.25) is 0 Å². The van der Waals surface area contributed by atoms with Crippen LogP contribution in [0.5, 0.6) is 0 Å². The van der Waals surface area contributed by atoms with Crippen molar-refractivity contribution in [1.29, 1.82) is 0 Å². The second-order valence-electron chi connectivity index (χ2n) is 13.9. The number of alkyl carbamates (subject to hydrolysis) is 1. The molecule has 3 N–H and O–H groups in total. The van der Waals surface area contributed by atoms with Crippen LogP contribution in [0.1, 0.15) is 66.2 Å². The molecule has 0 saturated heterocycles. The fraction of sp³-hybridized carbons (Fsp3) is 0.222. The van der Waals surface area contributed by atoms with E-state index in [-0.39, 0.29) is 35.5 Å². The van der Waals surface area contributed by atoms with Crippen molar-refractivity contribution in [1.82, 2.24) is 5.32 Å². The van der Waals surface area contributed by atoms with Crippen LogP contribution in [0, 0.1) is 0 Å². The Bertz CT molecular complexity index is 2030. The summed E-state index contributed by atoms with van der Waals surface area (Å²) in [4.78, 5) is 65.9. The standard InChI is InChI=1S/C45H45N3O7S/c1-44(2,3)55-43(53)48-38(30-56-45(32-19-11-6-12-20-32,33-21-13-7-14-22-33)34-23-15-8-16-24-34)42(52)46-35-25-26-37(47-39(49)27-28-40(50)54-4)36(29-35)41(51)31-17-9-5-10-18-31/h5-26,29,38H,27-28,30H2,1-4H3,(H,46,52)(H,47,49)(H,48,53)/t38-/m0/s1. The van der Waals surface area contributed by atoms with Gasteiger partial charge in [0.2, 0.25) is 11.8 Å². The van der Waals surface area contributed by atoms with Crippen LogP contribution in [0.15, 0.2) is 140 Å². The number of thioether (sulfide) groups is 1. The number of benzene rings is 5. The number of rotatable bonds is 15. The van der Waals surface area contributed by atoms with Crippen LogP contribution in [0.4, 0.5) is 16.2 Å². The first-order valence-electron chi connectivity index (χ1n) is 18.1. The molecule has 288 valence electrons. The molecule has 0 aromatic heterocycles. The van der Waals surface area contributed by atoms with Crippen molar-refractivity contribution in [3.8, 4) is 0 Å². The van der Waals surface area contributed by atoms with Crippen molar-refractivity contribution in [2.75, 3.05) is 23.5 Å². The summed E-state index contributed by atoms with van der Waals surface area (Å²) in [5.74, 6) is -1.89. The van der Waals surface area contributed by atoms with Crippen molar-refractivity contribution >= 4 is 52.8 Å². The zero-order valence-electron chi connectivity index (χ0n) is 31.7. The lowest BCUT2D eigenvalue weighted by Crippen LogP contribution is -2.48. The van der Waals surface area contributed by atoms with Crippen LogP contribution >= 0.6 is 11.8 Å². The highest BCUT2D eigenvalue weighted by Gasteiger charge is 2.39. The molecule has 0 unspecified atom stereocenters. The smallest absolute Gasteiger partial charge is 0.408 e. The highest BCUT2D eigenvalue weighted by Crippen LogP contribution is 2.48. The number of ketones is 1. The zero-order valence-corrected chi connectivity index (χ0v) is 32.6. The fourth-order valence-corrected chi connectivity index (χ4v) is 7.59. The largest absolute Gasteiger partial charge is 0.469 e. The van der Waals surface area contributed by atoms with Crippen LogP contribution in [0.25, 0.3) is 0 Å². The van der Waals surface area contributed by atoms with Crippen molar-refractivity contribution in [3.05, 3.63) is 167 Å². The summed E-state index contributed by atoms with van der Waals surface area (Å²) in [6.45, 7) is 5.22. The van der Waals surface area contributed by atoms with Crippen molar-refractivity contribution in [3.63, 3.8) is 0 Å². The minimum Gasteiger partial charge on any atom is -0.469 e. The van der Waals surface area contributed by atoms with Crippen LogP contribution in [-0.4, -0.2) is 54.2 Å². The van der Waals surface area contributed by atoms with Crippen LogP contribution < -0.4 is 16.0 Å². The molecule has 0 aliphatic heterocycles. The molecule has 0 aliphatic rings. The summed E-state index contributed by atoms with van der Waals surface area (Å²) in [7, 11) is 1.24. The molecule has 0 fully saturated rings. The number of nitrogens with one attached hydrogen (secondary N) is 3. The molecular weight excluding hydrogens is 727 g/mol. The number of carbonyl (C=O) groups is 5. The molecular formula is C45H45N3O7S. The number of hydrogen-bond donors (Lipinski definition) is 3. The van der Waals surface area contributed by atoms with Crippen molar-refractivity contribution < 1.29 is 33.4 Å². The molecule has 5 aromatic carbocycles. The third-order valence-electron chi connectivity index (χ3n) is 8.64. The molecule has 0 bridgehead atoms. The molecule has 10 nitrogen and oxygen atoms in total. The molecule has 11 heteroatoms. The van der Waals surface area contributed by atoms with Gasteiger partial charge in [0.25, 0.3) is 0 Å². The lowest BCUT2D eigenvalue weighted by molar-refractivity contribution is -0.141. The minimum atomic E-state index is -1.11. The minimum absolute atomic E-state index is 0.105. The zero-order chi connectivity index (χ0) is 40.1. The van der Waals surface area contributed by atoms with E-state index in [0.717, 1.165) is 16.7 Å². The average Bonchev–Trinajstić information content (AvgIpc) is 3.20. The summed E-state index contributed by atoms with van der Waals surface area (Å²) in [5, 5.41) is 8.40. The first kappa shape index (κ1) is 41.0. The SMILES string of the molecule is COC(=O)CCC(=O)Nc1ccc(NC(=O)[C@H](CSC(c2ccccc2)(c2ccccc2)c2ccccc2)NC(=O)OC(C)(C)C)cc1C(=O)c1ccccc1. The van der Waals surface area contributed by atoms with Gasteiger partial charge in [-0.15, -0.1) is 11.8 Å². The van der Waals surface area contributed by atoms with E-state index in [9.17, 15) is 24.0 Å². The summed E-state index contributed by atoms with van der Waals surface area (Å²) < 4.78 is 9.45. The van der Waals surface area contributed by atoms with Gasteiger partial charge in [-0.1, -0.05) is 121 Å². The maximum atomic E-state index is 14.3. The predicted octanol–water partition coefficient (Wildman–Crippen LogP) is 8.37. The molecule has 0 radical (unpaired) electrons. The number of amides is 3. The van der Waals surface area contributed by atoms with Gasteiger partial charge in [-0.05, 0) is 55.7 Å². The Labute approximate surface area is 331 Å². The summed E-state index contributed by atoms with van der Waals surface area (Å²) in [6.07, 6.45) is -1.06. The number of carbonyl (C=O) groups excluding carboxylic acids is 5. The maximum Gasteiger partial charge on any atom is 0.408 e. The molecule has 3 amide bonds. The molecule has 0 spiro atoms. The van der Waals surface area contributed by atoms with Gasteiger partial charge in [0, 0.05) is 29.0 Å². The Kier molecular flexibility index (Phi) is 13.8. The van der Waals surface area contributed by atoms with E-state index >= 15 is 0 Å². The lowest BCUT2D eigenvalue weighted by Gasteiger charge is -2.36. The predicted molar refractivity (Wildman–Crippen MR) is 220 cm³/mol. The Hall–Kier alpha value is -6.20. The molecule has 0 aliphatic carbocycles. The number of hydrogen-bond acceptors (Lipinski definition) is 8. The second kappa shape index (κ2) is 18.9. The van der Waals surface area contributed by atoms with Crippen LogP contribution in [-0.2, 0) is 28.6 Å². The van der Waals surface area contributed by atoms with E-state index in [0.29, 0.717) is 5.56 Å². The molecule has 0 saturated carbocycles. The third-order valence-corrected chi connectivity index (χ3v) is 10.3. The Morgan fingerprint density at radius 3 is 1.68 bits per heavy atom. The van der Waals surface area contributed by atoms with E-state index in [1.165, 1.54) is 31.0 Å². The third kappa shape index (κ3) is 10.7. The van der Waals surface area contributed by atoms with Gasteiger partial charge < -0.3 is 25.4 Å². The molecule has 1 atom stereocenters. The Balaban J connectivity index is 1.51. The molecule has 5 aromatic rings. The van der Waals surface area contributed by atoms with E-state index in [2.05, 4.69) is 20.7 Å². The van der Waals surface area contributed by atoms with Crippen molar-refractivity contribution in [2.45, 2.75) is 50.0 Å². The monoisotopic (exact) mass is 771 g/mol. The van der Waals surface area contributed by atoms with Gasteiger partial charge in [0.1, 0.15) is 11.6 Å². The Morgan fingerprint density at radius 1 is 0.661 bits per heavy atom. The highest BCUT2D eigenvalue weighted by atomic mass is 32.2. The van der Waals surface area contributed by atoms with Crippen molar-refractivity contribution in [2.24, 2.45) is 0 Å². The topological polar surface area (TPSA) is 140 Å². The highest BCUT2D eigenvalue weighted by molar-refractivity contribution is 8.00. The fourth-order valence-electron chi connectivity index (χ4n) is 6.03. The number of anilines is 2. The van der Waals surface area contributed by atoms with Gasteiger partial charge in [0.05, 0.1) is 24.0 Å².